The van der Waals surface area contributed by atoms with E-state index in [1.165, 1.54) is 0 Å². The molecule has 98 valence electrons. The number of aryl methyl sites for hydroxylation is 2. The summed E-state index contributed by atoms with van der Waals surface area (Å²) < 4.78 is 3.37. The summed E-state index contributed by atoms with van der Waals surface area (Å²) in [5.74, 6) is 0. The zero-order valence-electron chi connectivity index (χ0n) is 11.0. The Balaban J connectivity index is 2.14. The fraction of sp³-hybridized carbons (Fsp3) is 0.538. The molecule has 2 N–H and O–H groups in total. The van der Waals surface area contributed by atoms with Gasteiger partial charge in [0.2, 0.25) is 0 Å². The molecule has 0 aliphatic carbocycles. The number of nitrogens with two attached hydrogens (primary N) is 1. The zero-order chi connectivity index (χ0) is 13.1. The van der Waals surface area contributed by atoms with Crippen molar-refractivity contribution in [1.82, 2.24) is 14.2 Å². The number of fused-ring (bicyclic) bond motifs is 1. The van der Waals surface area contributed by atoms with Gasteiger partial charge in [0.1, 0.15) is 5.52 Å². The molecule has 0 aliphatic rings. The summed E-state index contributed by atoms with van der Waals surface area (Å²) in [6.45, 7) is 4.68. The quantitative estimate of drug-likeness (QED) is 0.868. The van der Waals surface area contributed by atoms with Crippen molar-refractivity contribution >= 4 is 5.52 Å². The Morgan fingerprint density at radius 1 is 1.44 bits per heavy atom. The highest BCUT2D eigenvalue weighted by molar-refractivity contribution is 5.44. The van der Waals surface area contributed by atoms with Gasteiger partial charge in [-0.1, -0.05) is 6.92 Å². The Labute approximate surface area is 106 Å². The average Bonchev–Trinajstić information content (AvgIpc) is 2.73. The second-order valence-electron chi connectivity index (χ2n) is 4.72. The lowest BCUT2D eigenvalue weighted by molar-refractivity contribution is 0.518. The van der Waals surface area contributed by atoms with Crippen molar-refractivity contribution in [2.75, 3.05) is 0 Å². The molecule has 1 unspecified atom stereocenters. The minimum Gasteiger partial charge on any atom is -0.328 e. The molecule has 5 nitrogen and oxygen atoms in total. The summed E-state index contributed by atoms with van der Waals surface area (Å²) in [5.41, 5.74) is 7.38. The Morgan fingerprint density at radius 2 is 2.22 bits per heavy atom. The first-order chi connectivity index (χ1) is 8.61. The first-order valence-corrected chi connectivity index (χ1v) is 6.43. The molecule has 0 bridgehead atoms. The van der Waals surface area contributed by atoms with Gasteiger partial charge in [0, 0.05) is 25.0 Å². The van der Waals surface area contributed by atoms with Crippen LogP contribution < -0.4 is 11.3 Å². The summed E-state index contributed by atoms with van der Waals surface area (Å²) in [6, 6.07) is 2.05. The van der Waals surface area contributed by atoms with Crippen LogP contribution in [0.4, 0.5) is 0 Å². The van der Waals surface area contributed by atoms with Crippen LogP contribution in [0.1, 0.15) is 31.9 Å². The predicted octanol–water partition coefficient (Wildman–Crippen LogP) is 1.32. The molecular formula is C13H20N4O. The van der Waals surface area contributed by atoms with Crippen LogP contribution >= 0.6 is 0 Å². The van der Waals surface area contributed by atoms with Crippen molar-refractivity contribution in [1.29, 1.82) is 0 Å². The first kappa shape index (κ1) is 12.8. The van der Waals surface area contributed by atoms with Gasteiger partial charge in [-0.3, -0.25) is 4.79 Å². The fourth-order valence-electron chi connectivity index (χ4n) is 2.05. The molecule has 2 rings (SSSR count). The first-order valence-electron chi connectivity index (χ1n) is 6.43. The second-order valence-corrected chi connectivity index (χ2v) is 4.72. The van der Waals surface area contributed by atoms with Crippen LogP contribution in [0.2, 0.25) is 0 Å². The van der Waals surface area contributed by atoms with Gasteiger partial charge < -0.3 is 10.3 Å². The molecule has 0 amide bonds. The lowest BCUT2D eigenvalue weighted by atomic mass is 10.1. The van der Waals surface area contributed by atoms with Crippen molar-refractivity contribution in [3.8, 4) is 0 Å². The highest BCUT2D eigenvalue weighted by Crippen LogP contribution is 2.03. The minimum atomic E-state index is 0.0168. The van der Waals surface area contributed by atoms with E-state index in [9.17, 15) is 4.79 Å². The maximum atomic E-state index is 12.2. The number of rotatable bonds is 5. The van der Waals surface area contributed by atoms with Crippen molar-refractivity contribution < 1.29 is 0 Å². The number of nitrogens with zero attached hydrogens (tertiary/aromatic N) is 3. The Kier molecular flexibility index (Phi) is 3.81. The van der Waals surface area contributed by atoms with E-state index in [0.717, 1.165) is 25.0 Å². The molecule has 0 saturated heterocycles. The van der Waals surface area contributed by atoms with Gasteiger partial charge in [-0.2, -0.15) is 5.10 Å². The monoisotopic (exact) mass is 248 g/mol. The summed E-state index contributed by atoms with van der Waals surface area (Å²) in [4.78, 5) is 12.2. The van der Waals surface area contributed by atoms with Crippen LogP contribution in [0, 0.1) is 6.92 Å². The highest BCUT2D eigenvalue weighted by atomic mass is 16.1. The summed E-state index contributed by atoms with van der Waals surface area (Å²) in [6.07, 6.45) is 6.48. The fourth-order valence-corrected chi connectivity index (χ4v) is 2.05. The third-order valence-corrected chi connectivity index (χ3v) is 3.22. The lowest BCUT2D eigenvalue weighted by Crippen LogP contribution is -2.23. The van der Waals surface area contributed by atoms with Gasteiger partial charge in [0.05, 0.1) is 5.69 Å². The molecule has 5 heteroatoms. The number of hydrogen-bond acceptors (Lipinski definition) is 3. The smallest absolute Gasteiger partial charge is 0.276 e. The van der Waals surface area contributed by atoms with E-state index in [4.69, 9.17) is 5.73 Å². The molecule has 0 aromatic carbocycles. The van der Waals surface area contributed by atoms with E-state index in [0.29, 0.717) is 12.1 Å². The molecule has 1 atom stereocenters. The maximum Gasteiger partial charge on any atom is 0.276 e. The molecular weight excluding hydrogens is 228 g/mol. The summed E-state index contributed by atoms with van der Waals surface area (Å²) >= 11 is 0. The molecule has 2 heterocycles. The molecule has 0 radical (unpaired) electrons. The predicted molar refractivity (Wildman–Crippen MR) is 71.7 cm³/mol. The Hall–Kier alpha value is -1.62. The molecule has 2 aromatic heterocycles. The minimum absolute atomic E-state index is 0.0168. The standard InChI is InChI=1S/C13H20N4O/c1-3-11(14)5-4-6-16-7-8-17-12(13(16)18)9-10(2)15-17/h7-9,11H,3-6,14H2,1-2H3. The van der Waals surface area contributed by atoms with Crippen molar-refractivity contribution in [2.45, 2.75) is 45.7 Å². The molecule has 18 heavy (non-hydrogen) atoms. The van der Waals surface area contributed by atoms with Gasteiger partial charge in [-0.25, -0.2) is 4.52 Å². The van der Waals surface area contributed by atoms with Gasteiger partial charge in [0.25, 0.3) is 5.56 Å². The number of hydrogen-bond donors (Lipinski definition) is 1. The van der Waals surface area contributed by atoms with E-state index in [1.807, 2.05) is 19.2 Å². The molecule has 0 saturated carbocycles. The van der Waals surface area contributed by atoms with E-state index >= 15 is 0 Å². The van der Waals surface area contributed by atoms with E-state index in [1.54, 1.807) is 15.3 Å². The third-order valence-electron chi connectivity index (χ3n) is 3.22. The van der Waals surface area contributed by atoms with Crippen LogP contribution in [0.25, 0.3) is 5.52 Å². The Morgan fingerprint density at radius 3 is 2.94 bits per heavy atom. The van der Waals surface area contributed by atoms with Crippen LogP contribution in [-0.2, 0) is 6.54 Å². The largest absolute Gasteiger partial charge is 0.328 e. The third kappa shape index (κ3) is 2.61. The summed E-state index contributed by atoms with van der Waals surface area (Å²) in [5, 5.41) is 4.22. The van der Waals surface area contributed by atoms with Crippen LogP contribution in [0.5, 0.6) is 0 Å². The van der Waals surface area contributed by atoms with Gasteiger partial charge in [-0.15, -0.1) is 0 Å². The number of aromatic nitrogens is 3. The van der Waals surface area contributed by atoms with Crippen molar-refractivity contribution in [3.63, 3.8) is 0 Å². The average molecular weight is 248 g/mol. The van der Waals surface area contributed by atoms with E-state index in [2.05, 4.69) is 12.0 Å². The molecule has 2 aromatic rings. The SMILES string of the molecule is CCC(N)CCCn1ccn2nc(C)cc2c1=O. The van der Waals surface area contributed by atoms with Crippen molar-refractivity contribution in [2.24, 2.45) is 5.73 Å². The van der Waals surface area contributed by atoms with Crippen LogP contribution in [0.15, 0.2) is 23.3 Å². The molecule has 0 aliphatic heterocycles. The van der Waals surface area contributed by atoms with E-state index < -0.39 is 0 Å². The maximum absolute atomic E-state index is 12.2. The lowest BCUT2D eigenvalue weighted by Gasteiger charge is -2.09. The van der Waals surface area contributed by atoms with Gasteiger partial charge in [0.15, 0.2) is 0 Å². The van der Waals surface area contributed by atoms with Crippen molar-refractivity contribution in [3.05, 3.63) is 34.5 Å². The van der Waals surface area contributed by atoms with Crippen LogP contribution in [-0.4, -0.2) is 20.2 Å². The molecule has 0 spiro atoms. The van der Waals surface area contributed by atoms with Gasteiger partial charge in [-0.05, 0) is 32.3 Å². The van der Waals surface area contributed by atoms with Crippen LogP contribution in [0.3, 0.4) is 0 Å². The topological polar surface area (TPSA) is 65.3 Å². The normalized spacial score (nSPS) is 13.1. The second kappa shape index (κ2) is 5.35. The summed E-state index contributed by atoms with van der Waals surface area (Å²) in [7, 11) is 0. The Bertz CT molecular complexity index is 584. The van der Waals surface area contributed by atoms with Gasteiger partial charge >= 0.3 is 0 Å². The highest BCUT2D eigenvalue weighted by Gasteiger charge is 2.05. The van der Waals surface area contributed by atoms with E-state index in [-0.39, 0.29) is 11.6 Å². The molecule has 0 fully saturated rings. The zero-order valence-corrected chi connectivity index (χ0v) is 11.0.